The third kappa shape index (κ3) is 3.09. The summed E-state index contributed by atoms with van der Waals surface area (Å²) in [6.07, 6.45) is 4.32. The van der Waals surface area contributed by atoms with Crippen molar-refractivity contribution in [2.75, 3.05) is 31.1 Å². The van der Waals surface area contributed by atoms with Crippen LogP contribution in [0.15, 0.2) is 29.0 Å². The molecule has 0 bridgehead atoms. The first-order valence-corrected chi connectivity index (χ1v) is 9.78. The number of fused-ring (bicyclic) bond motifs is 3. The molecule has 0 amide bonds. The van der Waals surface area contributed by atoms with E-state index in [1.54, 1.807) is 0 Å². The predicted octanol–water partition coefficient (Wildman–Crippen LogP) is 3.37. The largest absolute Gasteiger partial charge is 0.483 e. The number of amidine groups is 1. The van der Waals surface area contributed by atoms with Crippen LogP contribution in [0.3, 0.4) is 0 Å². The topological polar surface area (TPSA) is 48.9 Å². The number of hydrogen-bond acceptors (Lipinski definition) is 5. The Morgan fingerprint density at radius 3 is 2.81 bits per heavy atom. The van der Waals surface area contributed by atoms with Crippen molar-refractivity contribution in [3.05, 3.63) is 35.0 Å². The van der Waals surface area contributed by atoms with Crippen molar-refractivity contribution in [1.82, 2.24) is 10.7 Å². The Labute approximate surface area is 156 Å². The lowest BCUT2D eigenvalue weighted by atomic mass is 9.76. The molecule has 1 aromatic carbocycles. The van der Waals surface area contributed by atoms with Crippen LogP contribution < -0.4 is 20.4 Å². The van der Waals surface area contributed by atoms with Gasteiger partial charge < -0.3 is 15.0 Å². The zero-order valence-electron chi connectivity index (χ0n) is 16.4. The van der Waals surface area contributed by atoms with Crippen molar-refractivity contribution in [2.45, 2.75) is 46.5 Å². The third-order valence-corrected chi connectivity index (χ3v) is 5.63. The van der Waals surface area contributed by atoms with Crippen LogP contribution in [0.25, 0.3) is 0 Å². The predicted molar refractivity (Wildman–Crippen MR) is 107 cm³/mol. The number of nitrogens with one attached hydrogen (secondary N) is 2. The number of anilines is 1. The first kappa shape index (κ1) is 17.4. The van der Waals surface area contributed by atoms with E-state index in [2.05, 4.69) is 66.6 Å². The van der Waals surface area contributed by atoms with E-state index in [0.717, 1.165) is 55.4 Å². The van der Waals surface area contributed by atoms with Crippen LogP contribution in [0.2, 0.25) is 0 Å². The van der Waals surface area contributed by atoms with Crippen LogP contribution >= 0.6 is 0 Å². The fraction of sp³-hybridized carbons (Fsp3) is 0.571. The van der Waals surface area contributed by atoms with Crippen LogP contribution in [-0.4, -0.2) is 32.1 Å². The summed E-state index contributed by atoms with van der Waals surface area (Å²) in [4.78, 5) is 2.31. The fourth-order valence-corrected chi connectivity index (χ4v) is 4.11. The number of hydrazone groups is 1. The van der Waals surface area contributed by atoms with Crippen LogP contribution in [0.4, 0.5) is 5.69 Å². The van der Waals surface area contributed by atoms with Gasteiger partial charge in [0.25, 0.3) is 0 Å². The standard InChI is InChI=1S/C21H30N4O/c1-5-6-16-10-25-18-7-15(9-21(4)12-22-13-21)17(14(2)3)8-19(18)26-11-20(25)24-23-16/h6-8,14,22-23H,5,9-13H2,1-4H3/b16-6+. The van der Waals surface area contributed by atoms with Gasteiger partial charge in [0.1, 0.15) is 12.4 Å². The van der Waals surface area contributed by atoms with Gasteiger partial charge in [0, 0.05) is 18.8 Å². The summed E-state index contributed by atoms with van der Waals surface area (Å²) in [5, 5.41) is 7.96. The minimum absolute atomic E-state index is 0.362. The summed E-state index contributed by atoms with van der Waals surface area (Å²) in [6, 6.07) is 4.63. The van der Waals surface area contributed by atoms with E-state index in [9.17, 15) is 0 Å². The average molecular weight is 354 g/mol. The Hall–Kier alpha value is -2.01. The molecule has 3 aliphatic heterocycles. The van der Waals surface area contributed by atoms with Crippen molar-refractivity contribution in [3.8, 4) is 5.75 Å². The van der Waals surface area contributed by atoms with Crippen LogP contribution in [0.5, 0.6) is 5.75 Å². The van der Waals surface area contributed by atoms with E-state index in [1.807, 2.05) is 0 Å². The van der Waals surface area contributed by atoms with E-state index in [-0.39, 0.29) is 0 Å². The molecule has 0 spiro atoms. The Morgan fingerprint density at radius 1 is 1.35 bits per heavy atom. The van der Waals surface area contributed by atoms with Crippen molar-refractivity contribution >= 4 is 11.5 Å². The number of nitrogens with zero attached hydrogens (tertiary/aromatic N) is 2. The molecule has 5 heteroatoms. The first-order chi connectivity index (χ1) is 12.5. The van der Waals surface area contributed by atoms with Gasteiger partial charge in [-0.3, -0.25) is 5.43 Å². The molecular weight excluding hydrogens is 324 g/mol. The maximum absolute atomic E-state index is 6.06. The summed E-state index contributed by atoms with van der Waals surface area (Å²) in [7, 11) is 0. The summed E-state index contributed by atoms with van der Waals surface area (Å²) in [6.45, 7) is 12.6. The maximum Gasteiger partial charge on any atom is 0.168 e. The minimum Gasteiger partial charge on any atom is -0.483 e. The van der Waals surface area contributed by atoms with E-state index in [1.165, 1.54) is 11.1 Å². The van der Waals surface area contributed by atoms with Crippen molar-refractivity contribution in [2.24, 2.45) is 10.5 Å². The first-order valence-electron chi connectivity index (χ1n) is 9.78. The Kier molecular flexibility index (Phi) is 4.43. The average Bonchev–Trinajstić information content (AvgIpc) is 2.60. The monoisotopic (exact) mass is 354 g/mol. The van der Waals surface area contributed by atoms with Gasteiger partial charge in [-0.2, -0.15) is 5.10 Å². The van der Waals surface area contributed by atoms with Crippen LogP contribution in [0.1, 0.15) is 51.2 Å². The minimum atomic E-state index is 0.362. The fourth-order valence-electron chi connectivity index (χ4n) is 4.11. The van der Waals surface area contributed by atoms with Crippen molar-refractivity contribution in [1.29, 1.82) is 0 Å². The molecule has 0 aliphatic carbocycles. The van der Waals surface area contributed by atoms with Gasteiger partial charge in [-0.25, -0.2) is 0 Å². The highest BCUT2D eigenvalue weighted by Crippen LogP contribution is 2.40. The highest BCUT2D eigenvalue weighted by molar-refractivity contribution is 6.02. The number of hydrogen-bond donors (Lipinski definition) is 2. The molecule has 0 atom stereocenters. The van der Waals surface area contributed by atoms with Crippen molar-refractivity contribution in [3.63, 3.8) is 0 Å². The molecule has 1 aromatic rings. The Balaban J connectivity index is 1.73. The second-order valence-electron chi connectivity index (χ2n) is 8.42. The zero-order chi connectivity index (χ0) is 18.3. The molecule has 1 saturated heterocycles. The smallest absolute Gasteiger partial charge is 0.168 e. The molecule has 140 valence electrons. The molecule has 0 aromatic heterocycles. The number of benzene rings is 1. The molecule has 0 unspecified atom stereocenters. The number of ether oxygens (including phenoxy) is 1. The molecular formula is C21H30N4O. The molecule has 3 aliphatic rings. The summed E-state index contributed by atoms with van der Waals surface area (Å²) >= 11 is 0. The van der Waals surface area contributed by atoms with Gasteiger partial charge >= 0.3 is 0 Å². The molecule has 4 rings (SSSR count). The van der Waals surface area contributed by atoms with Crippen LogP contribution in [-0.2, 0) is 6.42 Å². The molecule has 0 radical (unpaired) electrons. The second-order valence-corrected chi connectivity index (χ2v) is 8.42. The molecule has 0 saturated carbocycles. The highest BCUT2D eigenvalue weighted by Gasteiger charge is 2.34. The summed E-state index contributed by atoms with van der Waals surface area (Å²) < 4.78 is 6.06. The molecule has 3 heterocycles. The van der Waals surface area contributed by atoms with Gasteiger partial charge in [-0.05, 0) is 47.4 Å². The van der Waals surface area contributed by atoms with Crippen molar-refractivity contribution < 1.29 is 4.74 Å². The van der Waals surface area contributed by atoms with E-state index >= 15 is 0 Å². The molecule has 5 nitrogen and oxygen atoms in total. The van der Waals surface area contributed by atoms with E-state index in [0.29, 0.717) is 17.9 Å². The Morgan fingerprint density at radius 2 is 2.15 bits per heavy atom. The highest BCUT2D eigenvalue weighted by atomic mass is 16.5. The van der Waals surface area contributed by atoms with Gasteiger partial charge in [-0.1, -0.05) is 33.8 Å². The van der Waals surface area contributed by atoms with Crippen LogP contribution in [0, 0.1) is 5.41 Å². The van der Waals surface area contributed by atoms with E-state index < -0.39 is 0 Å². The SMILES string of the molecule is CC/C=C1\CN2C(=NN1)COc1cc(C(C)C)c(CC3(C)CNC3)cc12. The van der Waals surface area contributed by atoms with Gasteiger partial charge in [-0.15, -0.1) is 0 Å². The lowest BCUT2D eigenvalue weighted by Crippen LogP contribution is -2.52. The normalized spacial score (nSPS) is 22.1. The maximum atomic E-state index is 6.06. The molecule has 1 fully saturated rings. The number of rotatable bonds is 4. The number of allylic oxidation sites excluding steroid dienone is 1. The molecule has 2 N–H and O–H groups in total. The summed E-state index contributed by atoms with van der Waals surface area (Å²) in [5.41, 5.74) is 8.72. The van der Waals surface area contributed by atoms with E-state index in [4.69, 9.17) is 4.74 Å². The van der Waals surface area contributed by atoms with Gasteiger partial charge in [0.2, 0.25) is 0 Å². The summed E-state index contributed by atoms with van der Waals surface area (Å²) in [5.74, 6) is 2.45. The molecule has 26 heavy (non-hydrogen) atoms. The Bertz CT molecular complexity index is 762. The van der Waals surface area contributed by atoms with Gasteiger partial charge in [0.15, 0.2) is 5.84 Å². The second kappa shape index (κ2) is 6.62. The third-order valence-electron chi connectivity index (χ3n) is 5.63. The lowest BCUT2D eigenvalue weighted by molar-refractivity contribution is 0.195. The quantitative estimate of drug-likeness (QED) is 0.870. The zero-order valence-corrected chi connectivity index (χ0v) is 16.4. The lowest BCUT2D eigenvalue weighted by Gasteiger charge is -2.41. The van der Waals surface area contributed by atoms with Gasteiger partial charge in [0.05, 0.1) is 12.2 Å².